The molecule has 0 unspecified atom stereocenters. The summed E-state index contributed by atoms with van der Waals surface area (Å²) in [6, 6.07) is 76.9. The monoisotopic (exact) mass is 768 g/mol. The van der Waals surface area contributed by atoms with Crippen LogP contribution in [-0.2, 0) is 0 Å². The topological polar surface area (TPSA) is 32.8 Å². The molecule has 60 heavy (non-hydrogen) atoms. The van der Waals surface area contributed by atoms with Crippen LogP contribution in [0, 0.1) is 0 Å². The third-order valence-corrected chi connectivity index (χ3v) is 11.8. The van der Waals surface area contributed by atoms with Crippen molar-refractivity contribution in [3.8, 4) is 22.6 Å². The number of para-hydroxylation sites is 2. The summed E-state index contributed by atoms with van der Waals surface area (Å²) in [7, 11) is 0. The molecule has 2 heterocycles. The lowest BCUT2D eigenvalue weighted by Crippen LogP contribution is -2.09. The SMILES string of the molecule is c1ccc(N(c2ccc(-c3cc4cccc5c(-c6ccc(N(c7ccccc7)c7cccc8ccccc78)o6)cc6cccc3c6c45)o2)c2cccc3ccccc23)cc1. The van der Waals surface area contributed by atoms with Gasteiger partial charge in [-0.1, -0.05) is 146 Å². The van der Waals surface area contributed by atoms with E-state index in [1.807, 2.05) is 12.1 Å². The molecule has 0 spiro atoms. The first kappa shape index (κ1) is 34.0. The first-order chi connectivity index (χ1) is 29.8. The van der Waals surface area contributed by atoms with Crippen LogP contribution in [-0.4, -0.2) is 0 Å². The van der Waals surface area contributed by atoms with Gasteiger partial charge in [0.2, 0.25) is 11.8 Å². The molecule has 0 aliphatic heterocycles. The van der Waals surface area contributed by atoms with Gasteiger partial charge in [0, 0.05) is 45.4 Å². The number of nitrogens with zero attached hydrogens (tertiary/aromatic N) is 2. The molecular formula is C56H36N2O2. The maximum Gasteiger partial charge on any atom is 0.205 e. The maximum absolute atomic E-state index is 6.94. The lowest BCUT2D eigenvalue weighted by atomic mass is 9.88. The number of furan rings is 2. The molecular weight excluding hydrogens is 733 g/mol. The van der Waals surface area contributed by atoms with Crippen LogP contribution in [0.4, 0.5) is 34.5 Å². The van der Waals surface area contributed by atoms with E-state index >= 15 is 0 Å². The number of anilines is 6. The van der Waals surface area contributed by atoms with E-state index in [9.17, 15) is 0 Å². The highest BCUT2D eigenvalue weighted by Crippen LogP contribution is 2.48. The van der Waals surface area contributed by atoms with Crippen molar-refractivity contribution < 1.29 is 8.83 Å². The van der Waals surface area contributed by atoms with E-state index < -0.39 is 0 Å². The molecule has 0 bridgehead atoms. The highest BCUT2D eigenvalue weighted by molar-refractivity contribution is 6.28. The smallest absolute Gasteiger partial charge is 0.205 e. The van der Waals surface area contributed by atoms with Crippen LogP contribution >= 0.6 is 0 Å². The normalized spacial score (nSPS) is 11.7. The largest absolute Gasteiger partial charge is 0.440 e. The number of fused-ring (bicyclic) bond motifs is 2. The summed E-state index contributed by atoms with van der Waals surface area (Å²) in [6.07, 6.45) is 0. The van der Waals surface area contributed by atoms with E-state index in [2.05, 4.69) is 216 Å². The van der Waals surface area contributed by atoms with Gasteiger partial charge in [0.05, 0.1) is 11.4 Å². The summed E-state index contributed by atoms with van der Waals surface area (Å²) in [4.78, 5) is 4.43. The van der Waals surface area contributed by atoms with Gasteiger partial charge < -0.3 is 8.83 Å². The average Bonchev–Trinajstić information content (AvgIpc) is 4.00. The predicted molar refractivity (Wildman–Crippen MR) is 250 cm³/mol. The second-order valence-electron chi connectivity index (χ2n) is 15.3. The molecule has 0 fully saturated rings. The van der Waals surface area contributed by atoms with E-state index in [1.54, 1.807) is 0 Å². The van der Waals surface area contributed by atoms with Gasteiger partial charge in [-0.05, 0) is 104 Å². The Hall–Kier alpha value is -8.08. The second kappa shape index (κ2) is 13.8. The minimum atomic E-state index is 0.752. The van der Waals surface area contributed by atoms with Crippen LogP contribution in [0.3, 0.4) is 0 Å². The fourth-order valence-electron chi connectivity index (χ4n) is 9.18. The van der Waals surface area contributed by atoms with Crippen molar-refractivity contribution in [2.75, 3.05) is 9.80 Å². The zero-order valence-corrected chi connectivity index (χ0v) is 32.5. The molecule has 10 aromatic carbocycles. The van der Waals surface area contributed by atoms with Crippen molar-refractivity contribution in [3.05, 3.63) is 218 Å². The third kappa shape index (κ3) is 5.46. The average molecular weight is 769 g/mol. The molecule has 0 aliphatic rings. The summed E-state index contributed by atoms with van der Waals surface area (Å²) in [5, 5.41) is 11.7. The maximum atomic E-state index is 6.94. The van der Waals surface area contributed by atoms with Gasteiger partial charge in [-0.3, -0.25) is 9.80 Å². The standard InChI is InChI=1S/C56H36N2O2/c1-3-21-41(22-4-1)57(49-29-13-17-37-15-7-9-25-43(37)49)53-33-31-51(59-53)47-35-39-19-12-28-46-48(36-40-20-11-27-45(47)55(40)56(39)46)52-32-34-54(60-52)58(42-23-5-2-6-24-42)50-30-14-18-38-16-8-10-26-44(38)50/h1-36H. The third-order valence-electron chi connectivity index (χ3n) is 11.8. The number of hydrogen-bond acceptors (Lipinski definition) is 4. The highest BCUT2D eigenvalue weighted by atomic mass is 16.4. The summed E-state index contributed by atoms with van der Waals surface area (Å²) in [5.41, 5.74) is 6.29. The summed E-state index contributed by atoms with van der Waals surface area (Å²) >= 11 is 0. The van der Waals surface area contributed by atoms with Crippen LogP contribution in [0.5, 0.6) is 0 Å². The Balaban J connectivity index is 0.994. The summed E-state index contributed by atoms with van der Waals surface area (Å²) in [5.74, 6) is 3.13. The Labute approximate surface area is 346 Å². The van der Waals surface area contributed by atoms with Crippen molar-refractivity contribution in [1.82, 2.24) is 0 Å². The molecule has 0 saturated heterocycles. The van der Waals surface area contributed by atoms with Gasteiger partial charge in [-0.15, -0.1) is 0 Å². The molecule has 0 atom stereocenters. The van der Waals surface area contributed by atoms with Gasteiger partial charge in [0.1, 0.15) is 11.5 Å². The first-order valence-electron chi connectivity index (χ1n) is 20.3. The molecule has 0 aliphatic carbocycles. The molecule has 0 N–H and O–H groups in total. The van der Waals surface area contributed by atoms with Crippen molar-refractivity contribution in [1.29, 1.82) is 0 Å². The molecule has 0 radical (unpaired) electrons. The molecule has 4 nitrogen and oxygen atoms in total. The van der Waals surface area contributed by atoms with Gasteiger partial charge in [-0.25, -0.2) is 0 Å². The Morgan fingerprint density at radius 3 is 1.12 bits per heavy atom. The minimum Gasteiger partial charge on any atom is -0.440 e. The molecule has 4 heteroatoms. The molecule has 282 valence electrons. The number of rotatable bonds is 8. The van der Waals surface area contributed by atoms with Gasteiger partial charge >= 0.3 is 0 Å². The van der Waals surface area contributed by atoms with E-state index in [-0.39, 0.29) is 0 Å². The van der Waals surface area contributed by atoms with E-state index in [0.29, 0.717) is 0 Å². The highest BCUT2D eigenvalue weighted by Gasteiger charge is 2.24. The predicted octanol–water partition coefficient (Wildman–Crippen LogP) is 16.3. The Morgan fingerprint density at radius 1 is 0.283 bits per heavy atom. The minimum absolute atomic E-state index is 0.752. The lowest BCUT2D eigenvalue weighted by Gasteiger charge is -2.24. The van der Waals surface area contributed by atoms with Crippen molar-refractivity contribution in [2.24, 2.45) is 0 Å². The van der Waals surface area contributed by atoms with Crippen LogP contribution < -0.4 is 9.80 Å². The van der Waals surface area contributed by atoms with Gasteiger partial charge in [-0.2, -0.15) is 0 Å². The van der Waals surface area contributed by atoms with E-state index in [1.165, 1.54) is 21.5 Å². The number of benzene rings is 10. The molecule has 12 rings (SSSR count). The second-order valence-corrected chi connectivity index (χ2v) is 15.3. The first-order valence-corrected chi connectivity index (χ1v) is 20.3. The quantitative estimate of drug-likeness (QED) is 0.144. The number of hydrogen-bond donors (Lipinski definition) is 0. The zero-order valence-electron chi connectivity index (χ0n) is 32.5. The zero-order chi connectivity index (χ0) is 39.6. The Morgan fingerprint density at radius 2 is 0.650 bits per heavy atom. The van der Waals surface area contributed by atoms with Crippen LogP contribution in [0.15, 0.2) is 227 Å². The van der Waals surface area contributed by atoms with E-state index in [4.69, 9.17) is 8.83 Å². The van der Waals surface area contributed by atoms with Crippen molar-refractivity contribution in [3.63, 3.8) is 0 Å². The Kier molecular flexibility index (Phi) is 7.82. The fraction of sp³-hybridized carbons (Fsp3) is 0. The summed E-state index contributed by atoms with van der Waals surface area (Å²) in [6.45, 7) is 0. The van der Waals surface area contributed by atoms with Crippen LogP contribution in [0.25, 0.3) is 76.5 Å². The molecule has 2 aromatic heterocycles. The van der Waals surface area contributed by atoms with Gasteiger partial charge in [0.15, 0.2) is 0 Å². The molecule has 0 saturated carbocycles. The van der Waals surface area contributed by atoms with E-state index in [0.717, 1.165) is 89.5 Å². The van der Waals surface area contributed by atoms with Crippen LogP contribution in [0.2, 0.25) is 0 Å². The fourth-order valence-corrected chi connectivity index (χ4v) is 9.18. The van der Waals surface area contributed by atoms with Crippen LogP contribution in [0.1, 0.15) is 0 Å². The summed E-state index contributed by atoms with van der Waals surface area (Å²) < 4.78 is 13.9. The van der Waals surface area contributed by atoms with Crippen molar-refractivity contribution in [2.45, 2.75) is 0 Å². The lowest BCUT2D eigenvalue weighted by molar-refractivity contribution is 0.589. The molecule has 12 aromatic rings. The Bertz CT molecular complexity index is 3270. The van der Waals surface area contributed by atoms with Crippen molar-refractivity contribution >= 4 is 88.4 Å². The van der Waals surface area contributed by atoms with Gasteiger partial charge in [0.25, 0.3) is 0 Å². The molecule has 0 amide bonds.